The fraction of sp³-hybridized carbons (Fsp3) is 0.214. The van der Waals surface area contributed by atoms with Gasteiger partial charge in [0.15, 0.2) is 0 Å². The molecule has 0 amide bonds. The number of hydrogen-bond acceptors (Lipinski definition) is 6. The summed E-state index contributed by atoms with van der Waals surface area (Å²) in [7, 11) is 0. The molecule has 0 unspecified atom stereocenters. The number of ether oxygens (including phenoxy) is 1. The zero-order valence-electron chi connectivity index (χ0n) is 11.8. The van der Waals surface area contributed by atoms with E-state index in [1.54, 1.807) is 42.2 Å². The summed E-state index contributed by atoms with van der Waals surface area (Å²) in [6.07, 6.45) is 0. The van der Waals surface area contributed by atoms with Gasteiger partial charge in [0, 0.05) is 16.8 Å². The Hall–Kier alpha value is -1.61. The van der Waals surface area contributed by atoms with E-state index in [0.29, 0.717) is 21.1 Å². The molecule has 1 heterocycles. The summed E-state index contributed by atoms with van der Waals surface area (Å²) < 4.78 is 5.70. The summed E-state index contributed by atoms with van der Waals surface area (Å²) in [5, 5.41) is 0.608. The van der Waals surface area contributed by atoms with Crippen LogP contribution in [0.5, 0.6) is 0 Å². The number of nitrogen functional groups attached to an aromatic ring is 1. The van der Waals surface area contributed by atoms with Crippen LogP contribution in [0.4, 0.5) is 17.5 Å². The van der Waals surface area contributed by atoms with E-state index >= 15 is 0 Å². The summed E-state index contributed by atoms with van der Waals surface area (Å²) >= 11 is 7.96. The average Bonchev–Trinajstić information content (AvgIpc) is 2.45. The van der Waals surface area contributed by atoms with Gasteiger partial charge >= 0.3 is 5.97 Å². The predicted molar refractivity (Wildman–Crippen MR) is 94.3 cm³/mol. The lowest BCUT2D eigenvalue weighted by Crippen LogP contribution is -2.28. The lowest BCUT2D eigenvalue weighted by atomic mass is 10.3. The van der Waals surface area contributed by atoms with Crippen molar-refractivity contribution in [1.29, 1.82) is 0 Å². The average molecular weight is 433 g/mol. The lowest BCUT2D eigenvalue weighted by Gasteiger charge is -2.23. The van der Waals surface area contributed by atoms with E-state index in [-0.39, 0.29) is 18.5 Å². The molecule has 0 aliphatic rings. The van der Waals surface area contributed by atoms with Crippen molar-refractivity contribution in [3.63, 3.8) is 0 Å². The van der Waals surface area contributed by atoms with Crippen molar-refractivity contribution in [1.82, 2.24) is 9.97 Å². The van der Waals surface area contributed by atoms with E-state index in [2.05, 4.69) is 9.97 Å². The van der Waals surface area contributed by atoms with E-state index in [4.69, 9.17) is 22.1 Å². The molecule has 0 bridgehead atoms. The summed E-state index contributed by atoms with van der Waals surface area (Å²) in [6, 6.07) is 8.82. The molecular weight excluding hydrogens is 419 g/mol. The van der Waals surface area contributed by atoms with Crippen LogP contribution in [-0.2, 0) is 9.53 Å². The Bertz CT molecular complexity index is 646. The highest BCUT2D eigenvalue weighted by molar-refractivity contribution is 14.1. The Morgan fingerprint density at radius 3 is 2.64 bits per heavy atom. The van der Waals surface area contributed by atoms with Crippen LogP contribution < -0.4 is 10.6 Å². The number of benzene rings is 1. The van der Waals surface area contributed by atoms with Gasteiger partial charge in [0.25, 0.3) is 0 Å². The van der Waals surface area contributed by atoms with Crippen LogP contribution in [0.3, 0.4) is 0 Å². The number of nitrogens with zero attached hydrogens (tertiary/aromatic N) is 3. The molecule has 0 atom stereocenters. The molecule has 6 nitrogen and oxygen atoms in total. The van der Waals surface area contributed by atoms with Crippen molar-refractivity contribution in [2.24, 2.45) is 0 Å². The Balaban J connectivity index is 2.40. The molecule has 2 aromatic rings. The van der Waals surface area contributed by atoms with Gasteiger partial charge in [0.1, 0.15) is 16.1 Å². The summed E-state index contributed by atoms with van der Waals surface area (Å²) in [5.41, 5.74) is 6.45. The third kappa shape index (κ3) is 4.44. The van der Waals surface area contributed by atoms with Crippen molar-refractivity contribution >= 4 is 57.6 Å². The molecule has 1 aromatic heterocycles. The highest BCUT2D eigenvalue weighted by atomic mass is 127. The monoisotopic (exact) mass is 432 g/mol. The van der Waals surface area contributed by atoms with E-state index in [0.717, 1.165) is 5.69 Å². The van der Waals surface area contributed by atoms with Crippen LogP contribution in [-0.4, -0.2) is 29.1 Å². The van der Waals surface area contributed by atoms with Crippen molar-refractivity contribution < 1.29 is 9.53 Å². The van der Waals surface area contributed by atoms with Crippen molar-refractivity contribution in [3.05, 3.63) is 39.1 Å². The summed E-state index contributed by atoms with van der Waals surface area (Å²) in [6.45, 7) is 2.09. The van der Waals surface area contributed by atoms with Gasteiger partial charge in [-0.05, 0) is 53.8 Å². The minimum absolute atomic E-state index is 0.0159. The first kappa shape index (κ1) is 16.8. The van der Waals surface area contributed by atoms with Crippen LogP contribution in [0.25, 0.3) is 0 Å². The molecule has 0 saturated heterocycles. The quantitative estimate of drug-likeness (QED) is 0.444. The third-order valence-corrected chi connectivity index (χ3v) is 3.51. The number of esters is 1. The predicted octanol–water partition coefficient (Wildman–Crippen LogP) is 3.02. The maximum absolute atomic E-state index is 11.9. The zero-order valence-corrected chi connectivity index (χ0v) is 14.7. The van der Waals surface area contributed by atoms with Gasteiger partial charge in [-0.15, -0.1) is 0 Å². The number of nitrogens with two attached hydrogens (primary N) is 1. The van der Waals surface area contributed by atoms with Gasteiger partial charge in [0.2, 0.25) is 5.95 Å². The molecular formula is C14H14ClIN4O2. The molecule has 22 heavy (non-hydrogen) atoms. The molecule has 8 heteroatoms. The number of rotatable bonds is 5. The van der Waals surface area contributed by atoms with E-state index in [1.807, 2.05) is 22.6 Å². The second-order valence-corrected chi connectivity index (χ2v) is 5.82. The van der Waals surface area contributed by atoms with Crippen LogP contribution >= 0.6 is 34.2 Å². The molecule has 2 rings (SSSR count). The number of halogens is 2. The molecule has 0 spiro atoms. The number of hydrogen-bond donors (Lipinski definition) is 1. The second-order valence-electron chi connectivity index (χ2n) is 4.27. The van der Waals surface area contributed by atoms with Crippen LogP contribution in [0.1, 0.15) is 6.92 Å². The van der Waals surface area contributed by atoms with Crippen molar-refractivity contribution in [2.75, 3.05) is 23.8 Å². The maximum Gasteiger partial charge on any atom is 0.326 e. The number of anilines is 3. The van der Waals surface area contributed by atoms with Gasteiger partial charge in [0.05, 0.1) is 6.61 Å². The normalized spacial score (nSPS) is 10.3. The number of aromatic nitrogens is 2. The second kappa shape index (κ2) is 7.59. The standard InChI is InChI=1S/C14H14ClIN4O2/c1-2-22-13(21)8-20(10-5-3-9(15)4-6-10)12-7-11(16)18-14(17)19-12/h3-7H,2,8H2,1H3,(H2,17,18,19). The smallest absolute Gasteiger partial charge is 0.326 e. The van der Waals surface area contributed by atoms with Crippen molar-refractivity contribution in [3.8, 4) is 0 Å². The first-order chi connectivity index (χ1) is 10.5. The number of carbonyl (C=O) groups excluding carboxylic acids is 1. The molecule has 2 N–H and O–H groups in total. The third-order valence-electron chi connectivity index (χ3n) is 2.71. The first-order valence-electron chi connectivity index (χ1n) is 6.48. The molecule has 0 saturated carbocycles. The van der Waals surface area contributed by atoms with Crippen LogP contribution in [0.2, 0.25) is 5.02 Å². The Kier molecular flexibility index (Phi) is 5.78. The topological polar surface area (TPSA) is 81.3 Å². The molecule has 0 fully saturated rings. The van der Waals surface area contributed by atoms with Gasteiger partial charge < -0.3 is 15.4 Å². The molecule has 0 aliphatic carbocycles. The van der Waals surface area contributed by atoms with Gasteiger partial charge in [-0.25, -0.2) is 4.98 Å². The minimum atomic E-state index is -0.357. The Labute approximate surface area is 146 Å². The van der Waals surface area contributed by atoms with E-state index in [9.17, 15) is 4.79 Å². The number of carbonyl (C=O) groups is 1. The molecule has 1 aromatic carbocycles. The lowest BCUT2D eigenvalue weighted by molar-refractivity contribution is -0.141. The summed E-state index contributed by atoms with van der Waals surface area (Å²) in [4.78, 5) is 21.8. The maximum atomic E-state index is 11.9. The zero-order chi connectivity index (χ0) is 16.1. The van der Waals surface area contributed by atoms with E-state index < -0.39 is 0 Å². The highest BCUT2D eigenvalue weighted by Crippen LogP contribution is 2.26. The van der Waals surface area contributed by atoms with Gasteiger partial charge in [-0.2, -0.15) is 4.98 Å². The Morgan fingerprint density at radius 1 is 1.36 bits per heavy atom. The molecule has 0 aliphatic heterocycles. The fourth-order valence-electron chi connectivity index (χ4n) is 1.82. The molecule has 116 valence electrons. The van der Waals surface area contributed by atoms with Crippen molar-refractivity contribution in [2.45, 2.75) is 6.92 Å². The fourth-order valence-corrected chi connectivity index (χ4v) is 2.47. The highest BCUT2D eigenvalue weighted by Gasteiger charge is 2.17. The minimum Gasteiger partial charge on any atom is -0.465 e. The van der Waals surface area contributed by atoms with Crippen LogP contribution in [0.15, 0.2) is 30.3 Å². The van der Waals surface area contributed by atoms with Crippen LogP contribution in [0, 0.1) is 3.70 Å². The first-order valence-corrected chi connectivity index (χ1v) is 7.94. The van der Waals surface area contributed by atoms with E-state index in [1.165, 1.54) is 0 Å². The SMILES string of the molecule is CCOC(=O)CN(c1ccc(Cl)cc1)c1cc(I)nc(N)n1. The molecule has 0 radical (unpaired) electrons. The largest absolute Gasteiger partial charge is 0.465 e. The van der Waals surface area contributed by atoms with Gasteiger partial charge in [-0.3, -0.25) is 4.79 Å². The summed E-state index contributed by atoms with van der Waals surface area (Å²) in [5.74, 6) is 0.307. The Morgan fingerprint density at radius 2 is 2.05 bits per heavy atom. The van der Waals surface area contributed by atoms with Gasteiger partial charge in [-0.1, -0.05) is 11.6 Å².